The fourth-order valence-electron chi connectivity index (χ4n) is 4.46. The van der Waals surface area contributed by atoms with E-state index in [0.717, 1.165) is 24.2 Å². The number of aliphatic hydroxyl groups is 1. The van der Waals surface area contributed by atoms with Crippen molar-refractivity contribution in [1.29, 1.82) is 0 Å². The second-order valence-electron chi connectivity index (χ2n) is 9.83. The molecule has 7 heteroatoms. The van der Waals surface area contributed by atoms with E-state index in [4.69, 9.17) is 16.3 Å². The molecule has 0 saturated carbocycles. The van der Waals surface area contributed by atoms with Crippen LogP contribution in [-0.4, -0.2) is 66.0 Å². The predicted octanol–water partition coefficient (Wildman–Crippen LogP) is 4.39. The number of amides is 1. The first-order valence-electron chi connectivity index (χ1n) is 11.6. The number of morpholine rings is 1. The van der Waals surface area contributed by atoms with Crippen LogP contribution in [0.25, 0.3) is 5.76 Å². The van der Waals surface area contributed by atoms with E-state index in [-0.39, 0.29) is 16.7 Å². The number of hydrogen-bond donors (Lipinski definition) is 1. The normalized spacial score (nSPS) is 21.3. The molecule has 0 spiro atoms. The summed E-state index contributed by atoms with van der Waals surface area (Å²) in [4.78, 5) is 30.2. The van der Waals surface area contributed by atoms with Crippen molar-refractivity contribution in [2.45, 2.75) is 32.2 Å². The smallest absolute Gasteiger partial charge is 0.295 e. The zero-order valence-electron chi connectivity index (χ0n) is 19.9. The Bertz CT molecular complexity index is 1080. The van der Waals surface area contributed by atoms with Gasteiger partial charge in [0.2, 0.25) is 0 Å². The number of nitrogens with zero attached hydrogens (tertiary/aromatic N) is 2. The number of ketones is 1. The highest BCUT2D eigenvalue weighted by molar-refractivity contribution is 6.46. The molecule has 2 fully saturated rings. The number of carbonyl (C=O) groups is 2. The van der Waals surface area contributed by atoms with Crippen LogP contribution in [0.1, 0.15) is 43.5 Å². The van der Waals surface area contributed by atoms with Gasteiger partial charge < -0.3 is 14.7 Å². The molecule has 0 radical (unpaired) electrons. The molecule has 0 aromatic heterocycles. The van der Waals surface area contributed by atoms with Crippen LogP contribution in [0.15, 0.2) is 54.1 Å². The van der Waals surface area contributed by atoms with Gasteiger partial charge in [0.15, 0.2) is 0 Å². The molecule has 2 saturated heterocycles. The molecule has 1 N–H and O–H groups in total. The van der Waals surface area contributed by atoms with E-state index < -0.39 is 17.7 Å². The molecule has 1 atom stereocenters. The van der Waals surface area contributed by atoms with Gasteiger partial charge in [-0.1, -0.05) is 56.6 Å². The van der Waals surface area contributed by atoms with E-state index in [1.165, 1.54) is 0 Å². The number of aliphatic hydroxyl groups excluding tert-OH is 1. The van der Waals surface area contributed by atoms with Crippen molar-refractivity contribution in [2.24, 2.45) is 0 Å². The first kappa shape index (κ1) is 24.5. The summed E-state index contributed by atoms with van der Waals surface area (Å²) >= 11 is 6.00. The van der Waals surface area contributed by atoms with Crippen molar-refractivity contribution in [2.75, 3.05) is 39.4 Å². The van der Waals surface area contributed by atoms with Gasteiger partial charge in [-0.25, -0.2) is 0 Å². The summed E-state index contributed by atoms with van der Waals surface area (Å²) in [6.45, 7) is 10.3. The van der Waals surface area contributed by atoms with Crippen LogP contribution in [0.2, 0.25) is 5.02 Å². The number of likely N-dealkylation sites (tertiary alicyclic amines) is 1. The molecule has 2 heterocycles. The van der Waals surface area contributed by atoms with E-state index in [1.54, 1.807) is 29.2 Å². The molecule has 0 bridgehead atoms. The van der Waals surface area contributed by atoms with Gasteiger partial charge in [-0.3, -0.25) is 14.5 Å². The molecule has 34 heavy (non-hydrogen) atoms. The summed E-state index contributed by atoms with van der Waals surface area (Å²) in [5, 5.41) is 11.7. The summed E-state index contributed by atoms with van der Waals surface area (Å²) in [6.07, 6.45) is 0. The summed E-state index contributed by atoms with van der Waals surface area (Å²) in [5.74, 6) is -1.44. The minimum absolute atomic E-state index is 0.0278. The van der Waals surface area contributed by atoms with E-state index in [1.807, 2.05) is 24.3 Å². The maximum Gasteiger partial charge on any atom is 0.295 e. The molecule has 0 aliphatic carbocycles. The lowest BCUT2D eigenvalue weighted by molar-refractivity contribution is -0.140. The highest BCUT2D eigenvalue weighted by Crippen LogP contribution is 2.40. The van der Waals surface area contributed by atoms with E-state index in [9.17, 15) is 14.7 Å². The lowest BCUT2D eigenvalue weighted by Gasteiger charge is -2.31. The van der Waals surface area contributed by atoms with Crippen LogP contribution in [0.4, 0.5) is 0 Å². The van der Waals surface area contributed by atoms with E-state index in [0.29, 0.717) is 36.9 Å². The Morgan fingerprint density at radius 2 is 1.62 bits per heavy atom. The third-order valence-electron chi connectivity index (χ3n) is 6.51. The van der Waals surface area contributed by atoms with Gasteiger partial charge in [-0.2, -0.15) is 0 Å². The second-order valence-corrected chi connectivity index (χ2v) is 10.3. The number of ether oxygens (including phenoxy) is 1. The molecule has 1 unspecified atom stereocenters. The van der Waals surface area contributed by atoms with Crippen molar-refractivity contribution in [3.63, 3.8) is 0 Å². The number of hydrogen-bond acceptors (Lipinski definition) is 5. The highest BCUT2D eigenvalue weighted by Gasteiger charge is 2.46. The molecule has 4 rings (SSSR count). The first-order chi connectivity index (χ1) is 16.2. The zero-order chi connectivity index (χ0) is 24.5. The Kier molecular flexibility index (Phi) is 7.12. The number of benzene rings is 2. The van der Waals surface area contributed by atoms with Gasteiger partial charge in [-0.15, -0.1) is 0 Å². The number of rotatable bonds is 5. The lowest BCUT2D eigenvalue weighted by atomic mass is 9.85. The van der Waals surface area contributed by atoms with E-state index in [2.05, 4.69) is 25.7 Å². The topological polar surface area (TPSA) is 70.1 Å². The largest absolute Gasteiger partial charge is 0.507 e. The summed E-state index contributed by atoms with van der Waals surface area (Å²) in [6, 6.07) is 13.9. The third kappa shape index (κ3) is 5.04. The van der Waals surface area contributed by atoms with Gasteiger partial charge in [0, 0.05) is 36.8 Å². The van der Waals surface area contributed by atoms with Crippen LogP contribution in [0.3, 0.4) is 0 Å². The summed E-state index contributed by atoms with van der Waals surface area (Å²) in [7, 11) is 0. The number of Topliss-reactive ketones (excluding diaryl/α,β-unsaturated/α-hetero) is 1. The average molecular weight is 483 g/mol. The molecule has 180 valence electrons. The maximum atomic E-state index is 13.2. The Morgan fingerprint density at radius 3 is 2.21 bits per heavy atom. The summed E-state index contributed by atoms with van der Waals surface area (Å²) in [5.41, 5.74) is 2.48. The molecular weight excluding hydrogens is 452 g/mol. The zero-order valence-corrected chi connectivity index (χ0v) is 20.6. The van der Waals surface area contributed by atoms with Crippen molar-refractivity contribution < 1.29 is 19.4 Å². The molecular formula is C27H31ClN2O4. The van der Waals surface area contributed by atoms with Crippen LogP contribution >= 0.6 is 11.6 Å². The molecule has 1 amide bonds. The minimum atomic E-state index is -0.667. The summed E-state index contributed by atoms with van der Waals surface area (Å²) < 4.78 is 5.42. The molecule has 2 aliphatic rings. The van der Waals surface area contributed by atoms with Crippen LogP contribution in [0, 0.1) is 0 Å². The monoisotopic (exact) mass is 482 g/mol. The Labute approximate surface area is 205 Å². The Morgan fingerprint density at radius 1 is 1.00 bits per heavy atom. The third-order valence-corrected chi connectivity index (χ3v) is 6.76. The van der Waals surface area contributed by atoms with Gasteiger partial charge in [-0.05, 0) is 40.8 Å². The molecule has 2 aromatic carbocycles. The van der Waals surface area contributed by atoms with Crippen molar-refractivity contribution >= 4 is 29.1 Å². The van der Waals surface area contributed by atoms with Crippen LogP contribution < -0.4 is 0 Å². The van der Waals surface area contributed by atoms with E-state index >= 15 is 0 Å². The standard InChI is InChI=1S/C27H31ClN2O4/c1-27(2,3)20-8-4-18(5-9-20)23-22(24(31)19-6-10-21(28)11-7-19)25(32)26(33)30(23)13-12-29-14-16-34-17-15-29/h4-11,23,31H,12-17H2,1-3H3/b24-22-. The highest BCUT2D eigenvalue weighted by atomic mass is 35.5. The Balaban J connectivity index is 1.74. The fourth-order valence-corrected chi connectivity index (χ4v) is 4.59. The molecule has 6 nitrogen and oxygen atoms in total. The maximum absolute atomic E-state index is 13.2. The van der Waals surface area contributed by atoms with Crippen molar-refractivity contribution in [1.82, 2.24) is 9.80 Å². The van der Waals surface area contributed by atoms with Gasteiger partial charge in [0.25, 0.3) is 11.7 Å². The van der Waals surface area contributed by atoms with Gasteiger partial charge in [0.05, 0.1) is 24.8 Å². The number of halogens is 1. The SMILES string of the molecule is CC(C)(C)c1ccc(C2/C(=C(/O)c3ccc(Cl)cc3)C(=O)C(=O)N2CCN2CCOCC2)cc1. The Hall–Kier alpha value is -2.67. The minimum Gasteiger partial charge on any atom is -0.507 e. The predicted molar refractivity (Wildman–Crippen MR) is 133 cm³/mol. The fraction of sp³-hybridized carbons (Fsp3) is 0.407. The van der Waals surface area contributed by atoms with Crippen LogP contribution in [0.5, 0.6) is 0 Å². The van der Waals surface area contributed by atoms with Crippen LogP contribution in [-0.2, 0) is 19.7 Å². The van der Waals surface area contributed by atoms with Crippen molar-refractivity contribution in [3.8, 4) is 0 Å². The molecule has 2 aliphatic heterocycles. The quantitative estimate of drug-likeness (QED) is 0.389. The first-order valence-corrected chi connectivity index (χ1v) is 12.0. The average Bonchev–Trinajstić information content (AvgIpc) is 3.08. The number of carbonyl (C=O) groups excluding carboxylic acids is 2. The lowest BCUT2D eigenvalue weighted by Crippen LogP contribution is -2.42. The second kappa shape index (κ2) is 9.90. The van der Waals surface area contributed by atoms with Gasteiger partial charge in [0.1, 0.15) is 5.76 Å². The van der Waals surface area contributed by atoms with Crippen molar-refractivity contribution in [3.05, 3.63) is 75.8 Å². The van der Waals surface area contributed by atoms with Gasteiger partial charge >= 0.3 is 0 Å². The molecule has 2 aromatic rings.